The van der Waals surface area contributed by atoms with Crippen molar-refractivity contribution in [3.8, 4) is 5.75 Å². The molecule has 0 aliphatic rings. The molecule has 16 heteroatoms. The lowest BCUT2D eigenvalue weighted by atomic mass is 9.85. The van der Waals surface area contributed by atoms with Crippen molar-refractivity contribution in [2.24, 2.45) is 7.05 Å². The van der Waals surface area contributed by atoms with Crippen LogP contribution in [0.2, 0.25) is 0 Å². The Morgan fingerprint density at radius 1 is 1.05 bits per heavy atom. The molecule has 4 aromatic rings. The minimum atomic E-state index is -5.94. The number of fused-ring (bicyclic) bond motifs is 1. The first kappa shape index (κ1) is 32.3. The molecule has 1 N–H and O–H groups in total. The highest BCUT2D eigenvalue weighted by Gasteiger charge is 2.75. The number of hydrogen-bond donors (Lipinski definition) is 1. The third-order valence-electron chi connectivity index (χ3n) is 6.99. The minimum Gasteiger partial charge on any atom is -0.491 e. The zero-order valence-electron chi connectivity index (χ0n) is 24.1. The van der Waals surface area contributed by atoms with E-state index in [0.29, 0.717) is 16.7 Å². The number of carboxylic acid groups (broad SMARTS) is 1. The van der Waals surface area contributed by atoms with E-state index in [-0.39, 0.29) is 41.6 Å². The molecule has 0 aliphatic heterocycles. The number of carboxylic acids is 1. The third-order valence-corrected chi connectivity index (χ3v) is 6.99. The molecule has 3 aromatic heterocycles. The van der Waals surface area contributed by atoms with E-state index < -0.39 is 41.9 Å². The standard InChI is InChI=1S/C28H29F6N7O3/c1-5-44-20-14-35-25(36-15-20)41(26(27(29,30)31,28(32,33)34)19-9-7-6-8-10-19)16-18-13-21-17(2)38-40(4)24(21)37-23(18)39(3)12-11-22(42)43/h6-10,13-15H,5,11-12,16H2,1-4H3,(H,42,43). The molecule has 0 saturated heterocycles. The van der Waals surface area contributed by atoms with Crippen LogP contribution in [0.15, 0.2) is 48.8 Å². The van der Waals surface area contributed by atoms with Crippen molar-refractivity contribution >= 4 is 28.8 Å². The predicted molar refractivity (Wildman–Crippen MR) is 148 cm³/mol. The molecule has 0 fully saturated rings. The number of aromatic nitrogens is 5. The molecule has 0 atom stereocenters. The van der Waals surface area contributed by atoms with Gasteiger partial charge in [-0.3, -0.25) is 9.48 Å². The van der Waals surface area contributed by atoms with Gasteiger partial charge in [0.15, 0.2) is 11.4 Å². The van der Waals surface area contributed by atoms with Gasteiger partial charge in [-0.1, -0.05) is 30.3 Å². The summed E-state index contributed by atoms with van der Waals surface area (Å²) in [4.78, 5) is 25.0. The van der Waals surface area contributed by atoms with Gasteiger partial charge >= 0.3 is 18.3 Å². The van der Waals surface area contributed by atoms with Crippen LogP contribution in [-0.2, 0) is 23.9 Å². The lowest BCUT2D eigenvalue weighted by molar-refractivity contribution is -0.304. The van der Waals surface area contributed by atoms with Gasteiger partial charge < -0.3 is 19.6 Å². The zero-order valence-corrected chi connectivity index (χ0v) is 24.1. The average molecular weight is 626 g/mol. The first-order valence-corrected chi connectivity index (χ1v) is 13.3. The highest BCUT2D eigenvalue weighted by molar-refractivity contribution is 5.82. The summed E-state index contributed by atoms with van der Waals surface area (Å²) < 4.78 is 98.1. The van der Waals surface area contributed by atoms with Crippen LogP contribution in [0.5, 0.6) is 5.75 Å². The van der Waals surface area contributed by atoms with Crippen molar-refractivity contribution in [1.82, 2.24) is 24.7 Å². The second-order valence-corrected chi connectivity index (χ2v) is 9.93. The average Bonchev–Trinajstić information content (AvgIpc) is 3.22. The van der Waals surface area contributed by atoms with Gasteiger partial charge in [-0.05, 0) is 25.5 Å². The van der Waals surface area contributed by atoms with Crippen LogP contribution in [0.1, 0.15) is 30.2 Å². The van der Waals surface area contributed by atoms with E-state index in [9.17, 15) is 9.90 Å². The number of carbonyl (C=O) groups is 1. The second kappa shape index (κ2) is 12.2. The van der Waals surface area contributed by atoms with Crippen molar-refractivity contribution in [1.29, 1.82) is 0 Å². The van der Waals surface area contributed by atoms with Crippen LogP contribution in [0.3, 0.4) is 0 Å². The highest BCUT2D eigenvalue weighted by atomic mass is 19.4. The zero-order chi connectivity index (χ0) is 32.4. The Kier molecular flexibility index (Phi) is 8.93. The molecule has 10 nitrogen and oxygen atoms in total. The lowest BCUT2D eigenvalue weighted by Gasteiger charge is -2.46. The van der Waals surface area contributed by atoms with E-state index in [0.717, 1.165) is 36.7 Å². The van der Waals surface area contributed by atoms with Gasteiger partial charge in [0.2, 0.25) is 5.95 Å². The molecule has 44 heavy (non-hydrogen) atoms. The summed E-state index contributed by atoms with van der Waals surface area (Å²) in [6.45, 7) is 2.24. The van der Waals surface area contributed by atoms with E-state index >= 15 is 26.3 Å². The van der Waals surface area contributed by atoms with E-state index in [4.69, 9.17) is 4.74 Å². The summed E-state index contributed by atoms with van der Waals surface area (Å²) in [5.41, 5.74) is -5.07. The van der Waals surface area contributed by atoms with Gasteiger partial charge in [-0.15, -0.1) is 0 Å². The summed E-state index contributed by atoms with van der Waals surface area (Å²) in [7, 11) is 3.02. The Balaban J connectivity index is 2.05. The Labute approximate surface area is 247 Å². The normalized spacial score (nSPS) is 12.4. The summed E-state index contributed by atoms with van der Waals surface area (Å²) in [5, 5.41) is 13.9. The van der Waals surface area contributed by atoms with Crippen LogP contribution >= 0.6 is 0 Å². The van der Waals surface area contributed by atoms with E-state index in [2.05, 4.69) is 20.1 Å². The number of aliphatic carboxylic acids is 1. The minimum absolute atomic E-state index is 0.0380. The second-order valence-electron chi connectivity index (χ2n) is 9.93. The highest BCUT2D eigenvalue weighted by Crippen LogP contribution is 2.55. The Bertz CT molecular complexity index is 1590. The predicted octanol–water partition coefficient (Wildman–Crippen LogP) is 5.40. The molecule has 4 rings (SSSR count). The first-order valence-electron chi connectivity index (χ1n) is 13.3. The number of alkyl halides is 6. The molecule has 0 radical (unpaired) electrons. The maximum Gasteiger partial charge on any atom is 0.425 e. The van der Waals surface area contributed by atoms with E-state index in [1.54, 1.807) is 20.9 Å². The number of halogens is 6. The molecule has 0 saturated carbocycles. The molecule has 0 bridgehead atoms. The summed E-state index contributed by atoms with van der Waals surface area (Å²) in [6, 6.07) is 6.36. The van der Waals surface area contributed by atoms with Crippen molar-refractivity contribution in [3.63, 3.8) is 0 Å². The largest absolute Gasteiger partial charge is 0.491 e. The van der Waals surface area contributed by atoms with Crippen molar-refractivity contribution in [3.05, 3.63) is 65.6 Å². The van der Waals surface area contributed by atoms with Gasteiger partial charge in [-0.25, -0.2) is 15.0 Å². The molecular weight excluding hydrogens is 596 g/mol. The maximum absolute atomic E-state index is 15.2. The topological polar surface area (TPSA) is 110 Å². The van der Waals surface area contributed by atoms with Gasteiger partial charge in [0, 0.05) is 31.6 Å². The van der Waals surface area contributed by atoms with Gasteiger partial charge in [0.05, 0.1) is 37.7 Å². The molecule has 0 aliphatic carbocycles. The maximum atomic E-state index is 15.2. The Morgan fingerprint density at radius 3 is 2.20 bits per heavy atom. The number of nitrogens with zero attached hydrogens (tertiary/aromatic N) is 7. The van der Waals surface area contributed by atoms with Crippen LogP contribution in [-0.4, -0.2) is 68.4 Å². The van der Waals surface area contributed by atoms with Crippen molar-refractivity contribution < 1.29 is 41.0 Å². The van der Waals surface area contributed by atoms with Crippen molar-refractivity contribution in [2.75, 3.05) is 30.0 Å². The van der Waals surface area contributed by atoms with Gasteiger partial charge in [0.1, 0.15) is 5.82 Å². The smallest absolute Gasteiger partial charge is 0.425 e. The van der Waals surface area contributed by atoms with Gasteiger partial charge in [-0.2, -0.15) is 31.4 Å². The van der Waals surface area contributed by atoms with Crippen molar-refractivity contribution in [2.45, 2.75) is 44.7 Å². The molecule has 0 amide bonds. The fourth-order valence-corrected chi connectivity index (χ4v) is 5.02. The number of benzene rings is 1. The third kappa shape index (κ3) is 5.92. The number of rotatable bonds is 11. The molecular formula is C28H29F6N7O3. The molecule has 3 heterocycles. The number of ether oxygens (including phenoxy) is 1. The summed E-state index contributed by atoms with van der Waals surface area (Å²) in [6.07, 6.45) is -10.3. The number of pyridine rings is 1. The van der Waals surface area contributed by atoms with Crippen LogP contribution < -0.4 is 14.5 Å². The lowest BCUT2D eigenvalue weighted by Crippen LogP contribution is -2.65. The summed E-state index contributed by atoms with van der Waals surface area (Å²) >= 11 is 0. The van der Waals surface area contributed by atoms with Crippen LogP contribution in [0, 0.1) is 6.92 Å². The molecule has 236 valence electrons. The van der Waals surface area contributed by atoms with Gasteiger partial charge in [0.25, 0.3) is 5.54 Å². The number of aryl methyl sites for hydroxylation is 2. The van der Waals surface area contributed by atoms with Crippen LogP contribution in [0.25, 0.3) is 11.0 Å². The number of hydrogen-bond acceptors (Lipinski definition) is 8. The Hall–Kier alpha value is -4.63. The summed E-state index contributed by atoms with van der Waals surface area (Å²) in [5.74, 6) is -2.03. The fraction of sp³-hybridized carbons (Fsp3) is 0.393. The Morgan fingerprint density at radius 2 is 1.66 bits per heavy atom. The molecule has 1 aromatic carbocycles. The van der Waals surface area contributed by atoms with E-state index in [1.165, 1.54) is 28.8 Å². The number of anilines is 2. The molecule has 0 unspecified atom stereocenters. The molecule has 0 spiro atoms. The monoisotopic (exact) mass is 625 g/mol. The van der Waals surface area contributed by atoms with E-state index in [1.807, 2.05) is 0 Å². The van der Waals surface area contributed by atoms with Crippen LogP contribution in [0.4, 0.5) is 38.1 Å². The fourth-order valence-electron chi connectivity index (χ4n) is 5.02. The SMILES string of the molecule is CCOc1cnc(N(Cc2cc3c(C)nn(C)c3nc2N(C)CCC(=O)O)C(c2ccccc2)(C(F)(F)F)C(F)(F)F)nc1. The quantitative estimate of drug-likeness (QED) is 0.219. The first-order chi connectivity index (χ1) is 20.6.